The third-order valence-corrected chi connectivity index (χ3v) is 5.39. The summed E-state index contributed by atoms with van der Waals surface area (Å²) in [6.45, 7) is 4.68. The highest BCUT2D eigenvalue weighted by atomic mass is 35.5. The first-order valence-electron chi connectivity index (χ1n) is 9.37. The van der Waals surface area contributed by atoms with Crippen LogP contribution in [-0.4, -0.2) is 34.1 Å². The second-order valence-corrected chi connectivity index (χ2v) is 8.15. The predicted molar refractivity (Wildman–Crippen MR) is 106 cm³/mol. The third kappa shape index (κ3) is 3.92. The van der Waals surface area contributed by atoms with Gasteiger partial charge >= 0.3 is 5.97 Å². The number of nitrogens with two attached hydrogens (primary N) is 1. The van der Waals surface area contributed by atoms with E-state index >= 15 is 0 Å². The Bertz CT molecular complexity index is 985. The van der Waals surface area contributed by atoms with E-state index in [1.54, 1.807) is 13.0 Å². The minimum absolute atomic E-state index is 0. The molecule has 0 bridgehead atoms. The number of fused-ring (bicyclic) bond motifs is 1. The number of aryl methyl sites for hydroxylation is 1. The highest BCUT2D eigenvalue weighted by Gasteiger charge is 2.32. The quantitative estimate of drug-likeness (QED) is 0.843. The molecule has 1 aliphatic heterocycles. The van der Waals surface area contributed by atoms with E-state index in [1.807, 2.05) is 6.92 Å². The summed E-state index contributed by atoms with van der Waals surface area (Å²) in [4.78, 5) is 31.1. The monoisotopic (exact) mass is 409 g/mol. The fraction of sp³-hybridized carbons (Fsp3) is 0.500. The average Bonchev–Trinajstić information content (AvgIpc) is 3.39. The van der Waals surface area contributed by atoms with Gasteiger partial charge in [-0.05, 0) is 68.7 Å². The van der Waals surface area contributed by atoms with E-state index in [4.69, 9.17) is 10.6 Å². The Kier molecular flexibility index (Phi) is 5.53. The molecule has 2 aromatic rings. The van der Waals surface area contributed by atoms with Crippen molar-refractivity contribution >= 4 is 23.9 Å². The Morgan fingerprint density at radius 1 is 1.36 bits per heavy atom. The summed E-state index contributed by atoms with van der Waals surface area (Å²) in [5, 5.41) is 1.52. The Hall–Kier alpha value is -1.96. The van der Waals surface area contributed by atoms with Gasteiger partial charge in [0.1, 0.15) is 11.4 Å². The van der Waals surface area contributed by atoms with Gasteiger partial charge in [0.25, 0.3) is 5.56 Å². The van der Waals surface area contributed by atoms with Crippen LogP contribution in [0.1, 0.15) is 60.0 Å². The van der Waals surface area contributed by atoms with Crippen molar-refractivity contribution in [1.29, 1.82) is 0 Å². The van der Waals surface area contributed by atoms with Gasteiger partial charge in [-0.2, -0.15) is 0 Å². The van der Waals surface area contributed by atoms with E-state index < -0.39 is 22.9 Å². The summed E-state index contributed by atoms with van der Waals surface area (Å²) in [5.41, 5.74) is 7.37. The molecular formula is C20H25ClFN3O3. The molecule has 152 valence electrons. The molecule has 4 rings (SSSR count). The molecule has 1 saturated carbocycles. The molecule has 0 aromatic carbocycles. The molecule has 1 saturated heterocycles. The zero-order valence-corrected chi connectivity index (χ0v) is 16.9. The molecule has 0 spiro atoms. The zero-order chi connectivity index (χ0) is 19.3. The van der Waals surface area contributed by atoms with Crippen molar-refractivity contribution < 1.29 is 14.0 Å². The Balaban J connectivity index is 0.00000225. The van der Waals surface area contributed by atoms with Crippen LogP contribution in [0.25, 0.3) is 5.52 Å². The second-order valence-electron chi connectivity index (χ2n) is 8.15. The number of hydroxylamine groups is 2. The largest absolute Gasteiger partial charge is 0.364 e. The fourth-order valence-corrected chi connectivity index (χ4v) is 3.95. The molecule has 0 radical (unpaired) electrons. The summed E-state index contributed by atoms with van der Waals surface area (Å²) in [6.07, 6.45) is 4.80. The number of hydrogen-bond donors (Lipinski definition) is 1. The molecule has 1 atom stereocenters. The van der Waals surface area contributed by atoms with Gasteiger partial charge in [-0.1, -0.05) is 0 Å². The predicted octanol–water partition coefficient (Wildman–Crippen LogP) is 2.93. The van der Waals surface area contributed by atoms with E-state index in [0.29, 0.717) is 30.1 Å². The average molecular weight is 410 g/mol. The maximum atomic E-state index is 13.9. The lowest BCUT2D eigenvalue weighted by molar-refractivity contribution is -0.132. The summed E-state index contributed by atoms with van der Waals surface area (Å²) >= 11 is 0. The molecule has 8 heteroatoms. The van der Waals surface area contributed by atoms with E-state index in [2.05, 4.69) is 0 Å². The molecule has 3 heterocycles. The first-order chi connectivity index (χ1) is 12.7. The summed E-state index contributed by atoms with van der Waals surface area (Å²) in [5.74, 6) is -0.932. The number of hydrogen-bond acceptors (Lipinski definition) is 5. The number of piperidine rings is 1. The number of pyridine rings is 2. The topological polar surface area (TPSA) is 77.0 Å². The van der Waals surface area contributed by atoms with E-state index in [0.717, 1.165) is 37.4 Å². The van der Waals surface area contributed by atoms with Gasteiger partial charge < -0.3 is 10.6 Å². The molecule has 1 aliphatic carbocycles. The number of carbonyl (C=O) groups excluding carboxylic acids is 1. The van der Waals surface area contributed by atoms with Crippen LogP contribution in [0.15, 0.2) is 23.1 Å². The molecule has 1 unspecified atom stereocenters. The number of rotatable bonds is 3. The SMILES string of the molecule is Cc1cc(F)cn2c(=O)c(C(=O)ON3CCCC(C)(N)C3)cc(C3CC3)c12.Cl. The lowest BCUT2D eigenvalue weighted by Gasteiger charge is -2.36. The van der Waals surface area contributed by atoms with Crippen molar-refractivity contribution in [3.63, 3.8) is 0 Å². The standard InChI is InChI=1S/C20H24FN3O3.ClH/c1-12-8-14(21)10-24-17(12)15(13-4-5-13)9-16(18(24)25)19(26)27-23-7-3-6-20(2,22)11-23;/h8-10,13H,3-7,11,22H2,1-2H3;1H. The highest BCUT2D eigenvalue weighted by Crippen LogP contribution is 2.42. The van der Waals surface area contributed by atoms with Crippen LogP contribution in [0.2, 0.25) is 0 Å². The number of carbonyl (C=O) groups is 1. The molecule has 2 aliphatic rings. The van der Waals surface area contributed by atoms with Crippen LogP contribution in [0.5, 0.6) is 0 Å². The van der Waals surface area contributed by atoms with Crippen molar-refractivity contribution in [3.8, 4) is 0 Å². The van der Waals surface area contributed by atoms with Crippen LogP contribution >= 0.6 is 12.4 Å². The van der Waals surface area contributed by atoms with Crippen molar-refractivity contribution in [2.45, 2.75) is 51.0 Å². The van der Waals surface area contributed by atoms with Crippen molar-refractivity contribution in [2.24, 2.45) is 5.73 Å². The van der Waals surface area contributed by atoms with Gasteiger partial charge in [0.2, 0.25) is 0 Å². The van der Waals surface area contributed by atoms with Gasteiger partial charge in [-0.3, -0.25) is 9.20 Å². The van der Waals surface area contributed by atoms with E-state index in [1.165, 1.54) is 15.5 Å². The smallest absolute Gasteiger partial charge is 0.362 e. The van der Waals surface area contributed by atoms with Crippen LogP contribution in [0.4, 0.5) is 4.39 Å². The van der Waals surface area contributed by atoms with E-state index in [-0.39, 0.29) is 18.0 Å². The molecule has 2 aromatic heterocycles. The Morgan fingerprint density at radius 3 is 2.71 bits per heavy atom. The van der Waals surface area contributed by atoms with Gasteiger partial charge in [0.05, 0.1) is 12.1 Å². The Labute approximate surface area is 168 Å². The van der Waals surface area contributed by atoms with Crippen LogP contribution in [-0.2, 0) is 4.84 Å². The summed E-state index contributed by atoms with van der Waals surface area (Å²) in [6, 6.07) is 3.04. The number of nitrogens with zero attached hydrogens (tertiary/aromatic N) is 2. The molecule has 28 heavy (non-hydrogen) atoms. The van der Waals surface area contributed by atoms with Crippen LogP contribution in [0, 0.1) is 12.7 Å². The van der Waals surface area contributed by atoms with Crippen LogP contribution < -0.4 is 11.3 Å². The number of halogens is 2. The zero-order valence-electron chi connectivity index (χ0n) is 16.0. The maximum absolute atomic E-state index is 13.9. The Morgan fingerprint density at radius 2 is 2.07 bits per heavy atom. The molecule has 2 N–H and O–H groups in total. The second kappa shape index (κ2) is 7.46. The van der Waals surface area contributed by atoms with Crippen molar-refractivity contribution in [2.75, 3.05) is 13.1 Å². The lowest BCUT2D eigenvalue weighted by Crippen LogP contribution is -2.52. The molecule has 2 fully saturated rings. The van der Waals surface area contributed by atoms with E-state index in [9.17, 15) is 14.0 Å². The van der Waals surface area contributed by atoms with Crippen LogP contribution in [0.3, 0.4) is 0 Å². The molecule has 6 nitrogen and oxygen atoms in total. The van der Waals surface area contributed by atoms with Gasteiger partial charge in [0, 0.05) is 18.3 Å². The first-order valence-corrected chi connectivity index (χ1v) is 9.37. The molecule has 0 amide bonds. The minimum atomic E-state index is -0.712. The van der Waals surface area contributed by atoms with Gasteiger partial charge in [-0.25, -0.2) is 9.18 Å². The van der Waals surface area contributed by atoms with Gasteiger partial charge in [0.15, 0.2) is 0 Å². The van der Waals surface area contributed by atoms with Crippen molar-refractivity contribution in [3.05, 3.63) is 51.2 Å². The number of aromatic nitrogens is 1. The summed E-state index contributed by atoms with van der Waals surface area (Å²) in [7, 11) is 0. The highest BCUT2D eigenvalue weighted by molar-refractivity contribution is 5.90. The minimum Gasteiger partial charge on any atom is -0.364 e. The fourth-order valence-electron chi connectivity index (χ4n) is 3.95. The van der Waals surface area contributed by atoms with Gasteiger partial charge in [-0.15, -0.1) is 17.5 Å². The first kappa shape index (κ1) is 20.8. The maximum Gasteiger partial charge on any atom is 0.362 e. The molecular weight excluding hydrogens is 385 g/mol. The normalized spacial score (nSPS) is 22.7. The third-order valence-electron chi connectivity index (χ3n) is 5.39. The van der Waals surface area contributed by atoms with Crippen molar-refractivity contribution in [1.82, 2.24) is 9.46 Å². The summed E-state index contributed by atoms with van der Waals surface area (Å²) < 4.78 is 15.2. The lowest BCUT2D eigenvalue weighted by atomic mass is 9.94.